The van der Waals surface area contributed by atoms with Crippen molar-refractivity contribution in [2.75, 3.05) is 37.9 Å². The predicted octanol–water partition coefficient (Wildman–Crippen LogP) is 3.84. The van der Waals surface area contributed by atoms with Crippen LogP contribution >= 0.6 is 15.9 Å². The maximum Gasteiger partial charge on any atom is 0.322 e. The summed E-state index contributed by atoms with van der Waals surface area (Å²) in [6.07, 6.45) is 0.865. The van der Waals surface area contributed by atoms with E-state index in [-0.39, 0.29) is 18.3 Å². The molecule has 9 heteroatoms. The van der Waals surface area contributed by atoms with E-state index < -0.39 is 23.8 Å². The number of likely N-dealkylation sites (N-methyl/N-ethyl adjacent to an activating group) is 1. The smallest absolute Gasteiger partial charge is 0.322 e. The Labute approximate surface area is 195 Å². The van der Waals surface area contributed by atoms with E-state index in [1.807, 2.05) is 19.2 Å². The fraction of sp³-hybridized carbons (Fsp3) is 0.391. The van der Waals surface area contributed by atoms with Crippen molar-refractivity contribution < 1.29 is 18.7 Å². The molecule has 0 saturated carbocycles. The maximum absolute atomic E-state index is 14.7. The lowest BCUT2D eigenvalue weighted by Gasteiger charge is -2.26. The molecule has 32 heavy (non-hydrogen) atoms. The Morgan fingerprint density at radius 3 is 2.62 bits per heavy atom. The summed E-state index contributed by atoms with van der Waals surface area (Å²) in [7, 11) is 3.55. The number of hydrogen-bond acceptors (Lipinski definition) is 4. The fourth-order valence-corrected chi connectivity index (χ4v) is 4.47. The second-order valence-electron chi connectivity index (χ2n) is 8.28. The van der Waals surface area contributed by atoms with E-state index in [4.69, 9.17) is 4.74 Å². The van der Waals surface area contributed by atoms with Crippen LogP contribution in [0, 0.1) is 5.82 Å². The topological polar surface area (TPSA) is 73.9 Å². The number of benzene rings is 2. The number of urea groups is 1. The highest BCUT2D eigenvalue weighted by molar-refractivity contribution is 9.10. The van der Waals surface area contributed by atoms with Crippen molar-refractivity contribution in [3.05, 3.63) is 57.8 Å². The monoisotopic (exact) mass is 504 g/mol. The maximum atomic E-state index is 14.7. The summed E-state index contributed by atoms with van der Waals surface area (Å²) in [5, 5.41) is 5.52. The SMILES string of the molecule is CO[C@@H]1C[C@H](C(=O)Nc2cc3c(cc2F)CN(C)CC3)N(C(=O)Nc2ccc(Br)cc2)C1. The highest BCUT2D eigenvalue weighted by Gasteiger charge is 2.40. The molecule has 1 fully saturated rings. The van der Waals surface area contributed by atoms with E-state index in [2.05, 4.69) is 31.5 Å². The van der Waals surface area contributed by atoms with E-state index in [0.717, 1.165) is 28.6 Å². The molecule has 0 aromatic heterocycles. The molecular weight excluding hydrogens is 479 g/mol. The lowest BCUT2D eigenvalue weighted by Crippen LogP contribution is -2.45. The van der Waals surface area contributed by atoms with Gasteiger partial charge in [0.25, 0.3) is 0 Å². The Bertz CT molecular complexity index is 1020. The van der Waals surface area contributed by atoms with E-state index >= 15 is 0 Å². The quantitative estimate of drug-likeness (QED) is 0.663. The van der Waals surface area contributed by atoms with Gasteiger partial charge >= 0.3 is 6.03 Å². The standard InChI is InChI=1S/C23H26BrFN4O3/c1-28-8-7-14-10-20(19(25)9-15(14)12-28)27-22(30)21-11-18(32-2)13-29(21)23(31)26-17-5-3-16(24)4-6-17/h3-6,9-10,18,21H,7-8,11-13H2,1-2H3,(H,26,31)(H,27,30)/t18-,21-/m1/s1. The first kappa shape index (κ1) is 22.7. The highest BCUT2D eigenvalue weighted by Crippen LogP contribution is 2.27. The molecule has 4 rings (SSSR count). The van der Waals surface area contributed by atoms with Gasteiger partial charge in [0, 0.05) is 43.3 Å². The number of rotatable bonds is 4. The molecule has 1 saturated heterocycles. The van der Waals surface area contributed by atoms with E-state index in [0.29, 0.717) is 18.7 Å². The van der Waals surface area contributed by atoms with Crippen LogP contribution in [0.2, 0.25) is 0 Å². The molecule has 0 unspecified atom stereocenters. The molecule has 2 aromatic rings. The molecule has 170 valence electrons. The second-order valence-corrected chi connectivity index (χ2v) is 9.19. The molecule has 2 aliphatic heterocycles. The van der Waals surface area contributed by atoms with Crippen LogP contribution < -0.4 is 10.6 Å². The minimum atomic E-state index is -0.767. The number of anilines is 2. The molecule has 2 atom stereocenters. The number of likely N-dealkylation sites (tertiary alicyclic amines) is 1. The molecule has 0 radical (unpaired) electrons. The largest absolute Gasteiger partial charge is 0.380 e. The molecule has 7 nitrogen and oxygen atoms in total. The number of carbonyl (C=O) groups excluding carboxylic acids is 2. The van der Waals surface area contributed by atoms with Crippen LogP contribution in [-0.4, -0.2) is 61.1 Å². The van der Waals surface area contributed by atoms with Gasteiger partial charge in [-0.3, -0.25) is 4.79 Å². The third-order valence-corrected chi connectivity index (χ3v) is 6.53. The normalized spacial score (nSPS) is 20.7. The van der Waals surface area contributed by atoms with Crippen LogP contribution in [0.25, 0.3) is 0 Å². The number of halogens is 2. The zero-order valence-electron chi connectivity index (χ0n) is 18.0. The Kier molecular flexibility index (Phi) is 6.78. The summed E-state index contributed by atoms with van der Waals surface area (Å²) in [6.45, 7) is 1.84. The van der Waals surface area contributed by atoms with Gasteiger partial charge < -0.3 is 25.2 Å². The first-order valence-corrected chi connectivity index (χ1v) is 11.3. The van der Waals surface area contributed by atoms with Crippen LogP contribution in [0.1, 0.15) is 17.5 Å². The summed E-state index contributed by atoms with van der Waals surface area (Å²) in [5.74, 6) is -0.901. The molecule has 3 amide bonds. The van der Waals surface area contributed by atoms with Gasteiger partial charge in [0.15, 0.2) is 0 Å². The van der Waals surface area contributed by atoms with Crippen molar-refractivity contribution >= 4 is 39.2 Å². The molecule has 2 aromatic carbocycles. The molecule has 0 bridgehead atoms. The van der Waals surface area contributed by atoms with E-state index in [9.17, 15) is 14.0 Å². The number of carbonyl (C=O) groups is 2. The van der Waals surface area contributed by atoms with Crippen LogP contribution in [-0.2, 0) is 22.5 Å². The highest BCUT2D eigenvalue weighted by atomic mass is 79.9. The van der Waals surface area contributed by atoms with Gasteiger partial charge in [-0.05, 0) is 61.0 Å². The second kappa shape index (κ2) is 9.56. The van der Waals surface area contributed by atoms with Gasteiger partial charge in [-0.15, -0.1) is 0 Å². The minimum Gasteiger partial charge on any atom is -0.380 e. The summed E-state index contributed by atoms with van der Waals surface area (Å²) in [4.78, 5) is 29.6. The van der Waals surface area contributed by atoms with Gasteiger partial charge in [0.05, 0.1) is 11.8 Å². The molecule has 2 aliphatic rings. The number of ether oxygens (including phenoxy) is 1. The van der Waals surface area contributed by atoms with Crippen LogP contribution in [0.3, 0.4) is 0 Å². The average molecular weight is 505 g/mol. The Balaban J connectivity index is 1.49. The van der Waals surface area contributed by atoms with Crippen molar-refractivity contribution in [1.82, 2.24) is 9.80 Å². The third kappa shape index (κ3) is 4.95. The number of methoxy groups -OCH3 is 1. The molecule has 0 spiro atoms. The molecule has 0 aliphatic carbocycles. The third-order valence-electron chi connectivity index (χ3n) is 6.01. The summed E-state index contributed by atoms with van der Waals surface area (Å²) < 4.78 is 21.0. The Morgan fingerprint density at radius 2 is 1.91 bits per heavy atom. The minimum absolute atomic E-state index is 0.146. The van der Waals surface area contributed by atoms with Crippen molar-refractivity contribution in [3.8, 4) is 0 Å². The Hall–Kier alpha value is -2.49. The first-order chi connectivity index (χ1) is 15.3. The predicted molar refractivity (Wildman–Crippen MR) is 124 cm³/mol. The van der Waals surface area contributed by atoms with Gasteiger partial charge in [-0.1, -0.05) is 15.9 Å². The molecular formula is C23H26BrFN4O3. The fourth-order valence-electron chi connectivity index (χ4n) is 4.20. The van der Waals surface area contributed by atoms with Crippen molar-refractivity contribution in [2.24, 2.45) is 0 Å². The van der Waals surface area contributed by atoms with Gasteiger partial charge in [0.1, 0.15) is 11.9 Å². The van der Waals surface area contributed by atoms with Crippen LogP contribution in [0.5, 0.6) is 0 Å². The van der Waals surface area contributed by atoms with Gasteiger partial charge in [-0.25, -0.2) is 9.18 Å². The van der Waals surface area contributed by atoms with E-state index in [1.54, 1.807) is 25.3 Å². The van der Waals surface area contributed by atoms with Crippen molar-refractivity contribution in [3.63, 3.8) is 0 Å². The van der Waals surface area contributed by atoms with Crippen LogP contribution in [0.15, 0.2) is 40.9 Å². The number of amides is 3. The number of nitrogens with one attached hydrogen (secondary N) is 2. The van der Waals surface area contributed by atoms with Gasteiger partial charge in [-0.2, -0.15) is 0 Å². The van der Waals surface area contributed by atoms with Gasteiger partial charge in [0.2, 0.25) is 5.91 Å². The first-order valence-electron chi connectivity index (χ1n) is 10.5. The molecule has 2 heterocycles. The van der Waals surface area contributed by atoms with Crippen molar-refractivity contribution in [1.29, 1.82) is 0 Å². The lowest BCUT2D eigenvalue weighted by molar-refractivity contribution is -0.119. The summed E-state index contributed by atoms with van der Waals surface area (Å²) in [6, 6.07) is 9.20. The van der Waals surface area contributed by atoms with Crippen molar-refractivity contribution in [2.45, 2.75) is 31.5 Å². The molecule has 2 N–H and O–H groups in total. The number of fused-ring (bicyclic) bond motifs is 1. The zero-order valence-corrected chi connectivity index (χ0v) is 19.6. The van der Waals surface area contributed by atoms with Crippen LogP contribution in [0.4, 0.5) is 20.6 Å². The number of hydrogen-bond donors (Lipinski definition) is 2. The average Bonchev–Trinajstić information content (AvgIpc) is 3.21. The van der Waals surface area contributed by atoms with E-state index in [1.165, 1.54) is 11.0 Å². The summed E-state index contributed by atoms with van der Waals surface area (Å²) in [5.41, 5.74) is 2.73. The number of nitrogens with zero attached hydrogens (tertiary/aromatic N) is 2. The zero-order chi connectivity index (χ0) is 22.8. The lowest BCUT2D eigenvalue weighted by atomic mass is 9.99. The Morgan fingerprint density at radius 1 is 1.16 bits per heavy atom. The summed E-state index contributed by atoms with van der Waals surface area (Å²) >= 11 is 3.36.